The molecule has 2 aromatic rings. The average molecular weight is 319 g/mol. The summed E-state index contributed by atoms with van der Waals surface area (Å²) in [7, 11) is -4.09. The van der Waals surface area contributed by atoms with Gasteiger partial charge in [-0.15, -0.1) is 11.3 Å². The minimum Gasteiger partial charge on any atom is -0.391 e. The highest BCUT2D eigenvalue weighted by atomic mass is 32.2. The highest BCUT2D eigenvalue weighted by Crippen LogP contribution is 2.27. The number of aliphatic hydroxyl groups excluding tert-OH is 1. The van der Waals surface area contributed by atoms with Crippen LogP contribution in [0.25, 0.3) is 0 Å². The summed E-state index contributed by atoms with van der Waals surface area (Å²) in [6.45, 7) is 1.11. The summed E-state index contributed by atoms with van der Waals surface area (Å²) in [4.78, 5) is 0.440. The van der Waals surface area contributed by atoms with Crippen LogP contribution in [0.3, 0.4) is 0 Å². The van der Waals surface area contributed by atoms with Crippen molar-refractivity contribution >= 4 is 27.0 Å². The van der Waals surface area contributed by atoms with Gasteiger partial charge in [0.2, 0.25) is 0 Å². The van der Waals surface area contributed by atoms with Crippen molar-refractivity contribution in [3.05, 3.63) is 46.3 Å². The van der Waals surface area contributed by atoms with E-state index in [0.29, 0.717) is 4.88 Å². The summed E-state index contributed by atoms with van der Waals surface area (Å²) in [6.07, 6.45) is 0. The molecule has 0 bridgehead atoms. The van der Waals surface area contributed by atoms with Crippen LogP contribution in [-0.4, -0.2) is 13.5 Å². The third kappa shape index (κ3) is 2.82. The summed E-state index contributed by atoms with van der Waals surface area (Å²) in [6, 6.07) is 4.91. The Balaban J connectivity index is 2.41. The number of hydrogen-bond acceptors (Lipinski definition) is 4. The minimum atomic E-state index is -4.09. The fourth-order valence-corrected chi connectivity index (χ4v) is 3.81. The zero-order valence-corrected chi connectivity index (χ0v) is 12.0. The van der Waals surface area contributed by atoms with Gasteiger partial charge in [0.1, 0.15) is 15.7 Å². The number of halogens is 2. The van der Waals surface area contributed by atoms with E-state index < -0.39 is 27.3 Å². The second-order valence-electron chi connectivity index (χ2n) is 4.04. The van der Waals surface area contributed by atoms with Crippen LogP contribution < -0.4 is 4.72 Å². The van der Waals surface area contributed by atoms with Crippen molar-refractivity contribution in [2.45, 2.75) is 17.7 Å². The molecule has 0 atom stereocenters. The predicted molar refractivity (Wildman–Crippen MR) is 72.1 cm³/mol. The molecule has 8 heteroatoms. The van der Waals surface area contributed by atoms with Gasteiger partial charge in [-0.1, -0.05) is 6.07 Å². The molecule has 0 amide bonds. The van der Waals surface area contributed by atoms with Gasteiger partial charge in [-0.2, -0.15) is 0 Å². The quantitative estimate of drug-likeness (QED) is 0.910. The fraction of sp³-hybridized carbons (Fsp3) is 0.167. The molecule has 1 aromatic heterocycles. The number of hydrogen-bond donors (Lipinski definition) is 2. The number of aryl methyl sites for hydroxylation is 1. The van der Waals surface area contributed by atoms with Crippen LogP contribution in [0.1, 0.15) is 10.4 Å². The number of anilines is 1. The second kappa shape index (κ2) is 5.47. The molecule has 0 radical (unpaired) electrons. The summed E-state index contributed by atoms with van der Waals surface area (Å²) in [5, 5.41) is 8.91. The molecule has 0 unspecified atom stereocenters. The highest BCUT2D eigenvalue weighted by molar-refractivity contribution is 7.94. The number of sulfonamides is 1. The van der Waals surface area contributed by atoms with Crippen molar-refractivity contribution in [1.82, 2.24) is 0 Å². The van der Waals surface area contributed by atoms with Crippen LogP contribution >= 0.6 is 11.3 Å². The van der Waals surface area contributed by atoms with E-state index in [-0.39, 0.29) is 16.4 Å². The number of rotatable bonds is 4. The molecule has 0 saturated carbocycles. The molecule has 20 heavy (non-hydrogen) atoms. The third-order valence-corrected chi connectivity index (χ3v) is 5.49. The van der Waals surface area contributed by atoms with Crippen molar-refractivity contribution in [3.63, 3.8) is 0 Å². The van der Waals surface area contributed by atoms with Gasteiger partial charge < -0.3 is 5.11 Å². The molecule has 108 valence electrons. The second-order valence-corrected chi connectivity index (χ2v) is 7.12. The normalized spacial score (nSPS) is 11.6. The Labute approximate surface area is 118 Å². The molecular weight excluding hydrogens is 308 g/mol. The molecule has 2 rings (SSSR count). The Bertz CT molecular complexity index is 741. The van der Waals surface area contributed by atoms with Gasteiger partial charge in [0.05, 0.1) is 6.61 Å². The average Bonchev–Trinajstić information content (AvgIpc) is 2.89. The molecule has 0 fully saturated rings. The molecule has 0 aliphatic heterocycles. The zero-order chi connectivity index (χ0) is 14.9. The van der Waals surface area contributed by atoms with Crippen LogP contribution in [0.2, 0.25) is 0 Å². The first kappa shape index (κ1) is 14.9. The van der Waals surface area contributed by atoms with Crippen LogP contribution in [0, 0.1) is 18.6 Å². The summed E-state index contributed by atoms with van der Waals surface area (Å²) in [5.41, 5.74) is -0.574. The zero-order valence-electron chi connectivity index (χ0n) is 10.4. The molecular formula is C12H11F2NO3S2. The Morgan fingerprint density at radius 1 is 1.25 bits per heavy atom. The van der Waals surface area contributed by atoms with E-state index in [0.717, 1.165) is 17.4 Å². The van der Waals surface area contributed by atoms with Crippen LogP contribution in [0.15, 0.2) is 28.5 Å². The topological polar surface area (TPSA) is 66.4 Å². The molecule has 4 nitrogen and oxygen atoms in total. The lowest BCUT2D eigenvalue weighted by Gasteiger charge is -2.09. The summed E-state index contributed by atoms with van der Waals surface area (Å²) < 4.78 is 53.2. The van der Waals surface area contributed by atoms with Gasteiger partial charge in [-0.05, 0) is 30.7 Å². The third-order valence-electron chi connectivity index (χ3n) is 2.58. The summed E-state index contributed by atoms with van der Waals surface area (Å²) in [5.74, 6) is -1.94. The van der Waals surface area contributed by atoms with E-state index in [2.05, 4.69) is 0 Å². The van der Waals surface area contributed by atoms with E-state index in [9.17, 15) is 17.2 Å². The van der Waals surface area contributed by atoms with E-state index in [1.165, 1.54) is 25.1 Å². The van der Waals surface area contributed by atoms with Gasteiger partial charge in [0.15, 0.2) is 5.82 Å². The largest absolute Gasteiger partial charge is 0.391 e. The molecule has 1 aromatic carbocycles. The van der Waals surface area contributed by atoms with Gasteiger partial charge in [-0.25, -0.2) is 17.2 Å². The first-order valence-electron chi connectivity index (χ1n) is 5.52. The molecule has 0 aliphatic carbocycles. The number of benzene rings is 1. The lowest BCUT2D eigenvalue weighted by molar-refractivity contribution is 0.285. The van der Waals surface area contributed by atoms with E-state index in [1.807, 2.05) is 4.72 Å². The van der Waals surface area contributed by atoms with Crippen molar-refractivity contribution < 1.29 is 22.3 Å². The van der Waals surface area contributed by atoms with Crippen molar-refractivity contribution in [1.29, 1.82) is 0 Å². The van der Waals surface area contributed by atoms with Crippen molar-refractivity contribution in [3.8, 4) is 0 Å². The van der Waals surface area contributed by atoms with Gasteiger partial charge in [0.25, 0.3) is 10.0 Å². The van der Waals surface area contributed by atoms with Gasteiger partial charge in [-0.3, -0.25) is 4.72 Å². The van der Waals surface area contributed by atoms with Gasteiger partial charge >= 0.3 is 0 Å². The molecule has 0 aliphatic rings. The van der Waals surface area contributed by atoms with Gasteiger partial charge in [0, 0.05) is 4.88 Å². The first-order chi connectivity index (χ1) is 9.35. The Morgan fingerprint density at radius 3 is 2.55 bits per heavy atom. The highest BCUT2D eigenvalue weighted by Gasteiger charge is 2.21. The van der Waals surface area contributed by atoms with Crippen LogP contribution in [-0.2, 0) is 16.6 Å². The molecule has 1 heterocycles. The molecule has 0 saturated heterocycles. The Kier molecular flexibility index (Phi) is 4.07. The van der Waals surface area contributed by atoms with Crippen molar-refractivity contribution in [2.24, 2.45) is 0 Å². The maximum atomic E-state index is 13.8. The Morgan fingerprint density at radius 2 is 1.95 bits per heavy atom. The number of aliphatic hydroxyl groups is 1. The first-order valence-corrected chi connectivity index (χ1v) is 7.82. The smallest absolute Gasteiger partial charge is 0.271 e. The monoisotopic (exact) mass is 319 g/mol. The summed E-state index contributed by atoms with van der Waals surface area (Å²) >= 11 is 0.830. The lowest BCUT2D eigenvalue weighted by atomic mass is 10.2. The van der Waals surface area contributed by atoms with E-state index in [1.54, 1.807) is 0 Å². The Hall–Kier alpha value is -1.51. The SMILES string of the molecule is Cc1ccc(F)c(NS(=O)(=O)c2ccc(CO)s2)c1F. The number of nitrogens with one attached hydrogen (secondary N) is 1. The van der Waals surface area contributed by atoms with E-state index >= 15 is 0 Å². The standard InChI is InChI=1S/C12H11F2NO3S2/c1-7-2-4-9(13)12(11(7)14)15-20(17,18)10-5-3-8(6-16)19-10/h2-5,15-16H,6H2,1H3. The predicted octanol–water partition coefficient (Wildman–Crippen LogP) is 2.63. The maximum Gasteiger partial charge on any atom is 0.271 e. The minimum absolute atomic E-state index is 0.123. The fourth-order valence-electron chi connectivity index (χ4n) is 1.52. The maximum absolute atomic E-state index is 13.8. The van der Waals surface area contributed by atoms with Crippen molar-refractivity contribution in [2.75, 3.05) is 4.72 Å². The lowest BCUT2D eigenvalue weighted by Crippen LogP contribution is -2.14. The van der Waals surface area contributed by atoms with E-state index in [4.69, 9.17) is 5.11 Å². The van der Waals surface area contributed by atoms with Crippen LogP contribution in [0.5, 0.6) is 0 Å². The van der Waals surface area contributed by atoms with Crippen LogP contribution in [0.4, 0.5) is 14.5 Å². The number of thiophene rings is 1. The molecule has 2 N–H and O–H groups in total. The molecule has 0 spiro atoms.